The zero-order valence-corrected chi connectivity index (χ0v) is 11.6. The Balaban J connectivity index is 1.78. The minimum Gasteiger partial charge on any atom is -0.310 e. The van der Waals surface area contributed by atoms with E-state index in [-0.39, 0.29) is 0 Å². The lowest BCUT2D eigenvalue weighted by molar-refractivity contribution is 0.295. The second kappa shape index (κ2) is 5.33. The van der Waals surface area contributed by atoms with Gasteiger partial charge in [-0.3, -0.25) is 0 Å². The monoisotopic (exact) mass is 245 g/mol. The van der Waals surface area contributed by atoms with Crippen LogP contribution < -0.4 is 5.32 Å². The van der Waals surface area contributed by atoms with E-state index in [1.807, 2.05) is 0 Å². The van der Waals surface area contributed by atoms with Crippen LogP contribution >= 0.6 is 23.5 Å². The first kappa shape index (κ1) is 12.1. The maximum absolute atomic E-state index is 3.88. The van der Waals surface area contributed by atoms with Crippen LogP contribution in [-0.2, 0) is 0 Å². The van der Waals surface area contributed by atoms with Crippen molar-refractivity contribution in [2.45, 2.75) is 45.2 Å². The Kier molecular flexibility index (Phi) is 4.31. The molecule has 1 atom stereocenters. The topological polar surface area (TPSA) is 12.0 Å². The van der Waals surface area contributed by atoms with E-state index >= 15 is 0 Å². The van der Waals surface area contributed by atoms with Gasteiger partial charge < -0.3 is 5.32 Å². The molecule has 0 saturated carbocycles. The largest absolute Gasteiger partial charge is 0.310 e. The highest BCUT2D eigenvalue weighted by Crippen LogP contribution is 2.34. The molecule has 2 saturated heterocycles. The van der Waals surface area contributed by atoms with E-state index in [9.17, 15) is 0 Å². The van der Waals surface area contributed by atoms with Gasteiger partial charge in [0.2, 0.25) is 0 Å². The fourth-order valence-electron chi connectivity index (χ4n) is 2.57. The molecular weight excluding hydrogens is 222 g/mol. The zero-order chi connectivity index (χ0) is 10.7. The highest BCUT2D eigenvalue weighted by atomic mass is 32.2. The van der Waals surface area contributed by atoms with Crippen LogP contribution in [0.5, 0.6) is 0 Å². The molecular formula is C12H23NS2. The molecule has 0 bridgehead atoms. The minimum atomic E-state index is 0.546. The zero-order valence-electron chi connectivity index (χ0n) is 9.92. The van der Waals surface area contributed by atoms with Crippen LogP contribution in [0.4, 0.5) is 0 Å². The van der Waals surface area contributed by atoms with Crippen LogP contribution in [0.1, 0.15) is 33.1 Å². The SMILES string of the molecule is CC1(C)CSCC(NC2CCSCC2)C1. The number of thioether (sulfide) groups is 2. The quantitative estimate of drug-likeness (QED) is 0.803. The van der Waals surface area contributed by atoms with Crippen molar-refractivity contribution >= 4 is 23.5 Å². The molecule has 1 N–H and O–H groups in total. The molecule has 2 aliphatic heterocycles. The Morgan fingerprint density at radius 3 is 2.47 bits per heavy atom. The second-order valence-corrected chi connectivity index (χ2v) is 7.89. The molecule has 0 amide bonds. The summed E-state index contributed by atoms with van der Waals surface area (Å²) in [7, 11) is 0. The summed E-state index contributed by atoms with van der Waals surface area (Å²) in [6, 6.07) is 1.58. The van der Waals surface area contributed by atoms with Crippen molar-refractivity contribution < 1.29 is 0 Å². The Morgan fingerprint density at radius 2 is 1.80 bits per heavy atom. The number of hydrogen-bond donors (Lipinski definition) is 1. The van der Waals surface area contributed by atoms with Crippen LogP contribution in [-0.4, -0.2) is 35.1 Å². The van der Waals surface area contributed by atoms with Crippen molar-refractivity contribution in [3.05, 3.63) is 0 Å². The predicted octanol–water partition coefficient (Wildman–Crippen LogP) is 3.00. The van der Waals surface area contributed by atoms with Gasteiger partial charge in [-0.25, -0.2) is 0 Å². The molecule has 1 nitrogen and oxygen atoms in total. The van der Waals surface area contributed by atoms with Crippen LogP contribution in [0, 0.1) is 5.41 Å². The first-order valence-electron chi connectivity index (χ1n) is 6.07. The minimum absolute atomic E-state index is 0.546. The lowest BCUT2D eigenvalue weighted by atomic mass is 9.87. The molecule has 0 radical (unpaired) electrons. The average molecular weight is 245 g/mol. The smallest absolute Gasteiger partial charge is 0.0166 e. The summed E-state index contributed by atoms with van der Waals surface area (Å²) >= 11 is 4.25. The molecule has 0 aliphatic carbocycles. The fourth-order valence-corrected chi connectivity index (χ4v) is 4.96. The lowest BCUT2D eigenvalue weighted by Crippen LogP contribution is -2.46. The summed E-state index contributed by atoms with van der Waals surface area (Å²) in [5.74, 6) is 5.39. The number of nitrogens with one attached hydrogen (secondary N) is 1. The molecule has 2 rings (SSSR count). The van der Waals surface area contributed by atoms with Crippen LogP contribution in [0.3, 0.4) is 0 Å². The van der Waals surface area contributed by atoms with Gasteiger partial charge in [0, 0.05) is 17.8 Å². The summed E-state index contributed by atoms with van der Waals surface area (Å²) in [6.07, 6.45) is 4.13. The molecule has 0 spiro atoms. The number of hydrogen-bond acceptors (Lipinski definition) is 3. The summed E-state index contributed by atoms with van der Waals surface area (Å²) < 4.78 is 0. The van der Waals surface area contributed by atoms with E-state index in [4.69, 9.17) is 0 Å². The normalized spacial score (nSPS) is 32.8. The predicted molar refractivity (Wildman–Crippen MR) is 73.0 cm³/mol. The van der Waals surface area contributed by atoms with Crippen LogP contribution in [0.25, 0.3) is 0 Å². The van der Waals surface area contributed by atoms with Gasteiger partial charge in [-0.1, -0.05) is 13.8 Å². The average Bonchev–Trinajstić information content (AvgIpc) is 2.17. The number of rotatable bonds is 2. The third-order valence-electron chi connectivity index (χ3n) is 3.30. The van der Waals surface area contributed by atoms with Gasteiger partial charge >= 0.3 is 0 Å². The molecule has 2 aliphatic rings. The van der Waals surface area contributed by atoms with E-state index in [0.29, 0.717) is 5.41 Å². The molecule has 15 heavy (non-hydrogen) atoms. The van der Waals surface area contributed by atoms with Crippen molar-refractivity contribution in [2.75, 3.05) is 23.0 Å². The van der Waals surface area contributed by atoms with Crippen molar-refractivity contribution in [2.24, 2.45) is 5.41 Å². The van der Waals surface area contributed by atoms with Gasteiger partial charge in [0.25, 0.3) is 0 Å². The van der Waals surface area contributed by atoms with Gasteiger partial charge in [-0.15, -0.1) is 0 Å². The van der Waals surface area contributed by atoms with Crippen LogP contribution in [0.15, 0.2) is 0 Å². The summed E-state index contributed by atoms with van der Waals surface area (Å²) in [5, 5.41) is 3.88. The van der Waals surface area contributed by atoms with E-state index in [1.54, 1.807) is 0 Å². The summed E-state index contributed by atoms with van der Waals surface area (Å²) in [6.45, 7) is 4.81. The molecule has 0 aromatic heterocycles. The Morgan fingerprint density at radius 1 is 1.07 bits per heavy atom. The molecule has 0 aromatic rings. The van der Waals surface area contributed by atoms with Gasteiger partial charge in [-0.05, 0) is 41.9 Å². The van der Waals surface area contributed by atoms with E-state index < -0.39 is 0 Å². The molecule has 2 heterocycles. The van der Waals surface area contributed by atoms with E-state index in [2.05, 4.69) is 42.7 Å². The van der Waals surface area contributed by atoms with Crippen molar-refractivity contribution in [1.29, 1.82) is 0 Å². The molecule has 2 fully saturated rings. The maximum Gasteiger partial charge on any atom is 0.0166 e. The van der Waals surface area contributed by atoms with Crippen molar-refractivity contribution in [3.8, 4) is 0 Å². The highest BCUT2D eigenvalue weighted by Gasteiger charge is 2.29. The van der Waals surface area contributed by atoms with Gasteiger partial charge in [0.1, 0.15) is 0 Å². The molecule has 88 valence electrons. The molecule has 3 heteroatoms. The summed E-state index contributed by atoms with van der Waals surface area (Å²) in [4.78, 5) is 0. The Hall–Kier alpha value is 0.660. The van der Waals surface area contributed by atoms with Crippen LogP contribution in [0.2, 0.25) is 0 Å². The standard InChI is InChI=1S/C12H23NS2/c1-12(2)7-11(8-15-9-12)13-10-3-5-14-6-4-10/h10-11,13H,3-9H2,1-2H3. The second-order valence-electron chi connectivity index (χ2n) is 5.63. The van der Waals surface area contributed by atoms with Gasteiger partial charge in [0.05, 0.1) is 0 Å². The van der Waals surface area contributed by atoms with E-state index in [0.717, 1.165) is 12.1 Å². The highest BCUT2D eigenvalue weighted by molar-refractivity contribution is 7.99. The fraction of sp³-hybridized carbons (Fsp3) is 1.00. The maximum atomic E-state index is 3.88. The first-order valence-corrected chi connectivity index (χ1v) is 8.38. The summed E-state index contributed by atoms with van der Waals surface area (Å²) in [5.41, 5.74) is 0.546. The molecule has 1 unspecified atom stereocenters. The Bertz CT molecular complexity index is 200. The Labute approximate surface area is 103 Å². The first-order chi connectivity index (χ1) is 7.16. The van der Waals surface area contributed by atoms with Crippen molar-refractivity contribution in [1.82, 2.24) is 5.32 Å². The third kappa shape index (κ3) is 3.86. The van der Waals surface area contributed by atoms with Gasteiger partial charge in [-0.2, -0.15) is 23.5 Å². The van der Waals surface area contributed by atoms with Crippen molar-refractivity contribution in [3.63, 3.8) is 0 Å². The third-order valence-corrected chi connectivity index (χ3v) is 5.98. The molecule has 0 aromatic carbocycles. The van der Waals surface area contributed by atoms with E-state index in [1.165, 1.54) is 42.3 Å². The lowest BCUT2D eigenvalue weighted by Gasteiger charge is -2.37. The van der Waals surface area contributed by atoms with Gasteiger partial charge in [0.15, 0.2) is 0 Å².